The molecule has 1 aromatic carbocycles. The van der Waals surface area contributed by atoms with Crippen LogP contribution in [0.3, 0.4) is 0 Å². The van der Waals surface area contributed by atoms with E-state index in [-0.39, 0.29) is 8.41 Å². The van der Waals surface area contributed by atoms with E-state index >= 15 is 0 Å². The smallest absolute Gasteiger partial charge is 0.0814 e. The van der Waals surface area contributed by atoms with Crippen LogP contribution in [0.5, 0.6) is 0 Å². The predicted molar refractivity (Wildman–Crippen MR) is 51.7 cm³/mol. The summed E-state index contributed by atoms with van der Waals surface area (Å²) < 4.78 is 0. The normalized spacial score (nSPS) is 9.09. The molecule has 1 nitrogen and oxygen atoms in total. The Balaban J connectivity index is 0.000000605. The van der Waals surface area contributed by atoms with Gasteiger partial charge < -0.3 is 0 Å². The fraction of sp³-hybridized carbons (Fsp3) is 0. The molecule has 0 radical (unpaired) electrons. The van der Waals surface area contributed by atoms with Crippen molar-refractivity contribution in [3.05, 3.63) is 42.7 Å². The van der Waals surface area contributed by atoms with Crippen LogP contribution in [0, 0.1) is 0 Å². The van der Waals surface area contributed by atoms with Crippen molar-refractivity contribution in [2.75, 3.05) is 0 Å². The number of hydrogen-bond acceptors (Lipinski definition) is 1. The van der Waals surface area contributed by atoms with Crippen LogP contribution in [0.1, 0.15) is 0 Å². The van der Waals surface area contributed by atoms with Gasteiger partial charge >= 0.3 is 0 Å². The highest BCUT2D eigenvalue weighted by atomic mass is 14.6. The van der Waals surface area contributed by atoms with Gasteiger partial charge in [-0.15, -0.1) is 0 Å². The summed E-state index contributed by atoms with van der Waals surface area (Å²) in [7, 11) is 0. The number of aromatic nitrogens is 1. The van der Waals surface area contributed by atoms with Crippen molar-refractivity contribution in [1.82, 2.24) is 4.98 Å². The zero-order valence-corrected chi connectivity index (χ0v) is 5.49. The van der Waals surface area contributed by atoms with Gasteiger partial charge in [0, 0.05) is 12.4 Å². The number of rotatable bonds is 0. The van der Waals surface area contributed by atoms with Crippen LogP contribution >= 0.6 is 0 Å². The van der Waals surface area contributed by atoms with E-state index < -0.39 is 0 Å². The highest BCUT2D eigenvalue weighted by Crippen LogP contribution is 2.09. The molecule has 0 atom stereocenters. The molecule has 0 aliphatic rings. The number of fused-ring (bicyclic) bond motifs is 1. The number of nitrogens with zero attached hydrogens (tertiary/aromatic N) is 1. The highest BCUT2D eigenvalue weighted by Gasteiger charge is 1.86. The third-order valence-corrected chi connectivity index (χ3v) is 1.55. The largest absolute Gasteiger partial charge is 0.264 e. The first-order valence-corrected chi connectivity index (χ1v) is 3.25. The Morgan fingerprint density at radius 3 is 2.36 bits per heavy atom. The monoisotopic (exact) mass is 143 g/mol. The average Bonchev–Trinajstić information content (AvgIpc) is 2.05. The molecule has 0 spiro atoms. The summed E-state index contributed by atoms with van der Waals surface area (Å²) in [6.07, 6.45) is 3.68. The molecule has 0 aliphatic heterocycles. The Labute approximate surface area is 67.7 Å². The van der Waals surface area contributed by atoms with Crippen LogP contribution in [0.15, 0.2) is 42.7 Å². The van der Waals surface area contributed by atoms with Crippen molar-refractivity contribution >= 4 is 19.2 Å². The molecule has 0 unspecified atom stereocenters. The zero-order valence-electron chi connectivity index (χ0n) is 5.49. The first-order valence-electron chi connectivity index (χ1n) is 3.25. The second-order valence-electron chi connectivity index (χ2n) is 2.22. The molecule has 2 aromatic rings. The van der Waals surface area contributed by atoms with Crippen LogP contribution in [0.4, 0.5) is 0 Å². The van der Waals surface area contributed by atoms with Crippen molar-refractivity contribution in [3.8, 4) is 0 Å². The van der Waals surface area contributed by atoms with Gasteiger partial charge in [-0.25, -0.2) is 0 Å². The summed E-state index contributed by atoms with van der Waals surface area (Å²) in [6.45, 7) is 0. The minimum Gasteiger partial charge on any atom is -0.264 e. The van der Waals surface area contributed by atoms with Crippen LogP contribution in [0.2, 0.25) is 0 Å². The molecule has 11 heavy (non-hydrogen) atoms. The molecule has 54 valence electrons. The van der Waals surface area contributed by atoms with Gasteiger partial charge in [-0.05, 0) is 16.8 Å². The molecule has 0 saturated heterocycles. The number of benzene rings is 1. The molecule has 0 bridgehead atoms. The lowest BCUT2D eigenvalue weighted by Gasteiger charge is -1.91. The van der Waals surface area contributed by atoms with E-state index in [0.29, 0.717) is 0 Å². The summed E-state index contributed by atoms with van der Waals surface area (Å²) in [5.74, 6) is 0. The van der Waals surface area contributed by atoms with Gasteiger partial charge in [0.15, 0.2) is 0 Å². The second-order valence-corrected chi connectivity index (χ2v) is 2.22. The van der Waals surface area contributed by atoms with E-state index in [4.69, 9.17) is 0 Å². The first kappa shape index (κ1) is 7.80. The minimum atomic E-state index is 0. The molecule has 2 heteroatoms. The Kier molecular flexibility index (Phi) is 2.26. The van der Waals surface area contributed by atoms with Gasteiger partial charge in [-0.1, -0.05) is 24.3 Å². The second kappa shape index (κ2) is 3.19. The topological polar surface area (TPSA) is 12.9 Å². The minimum absolute atomic E-state index is 0. The Hall–Kier alpha value is -1.31. The molecule has 0 amide bonds. The zero-order chi connectivity index (χ0) is 6.81. The maximum atomic E-state index is 4.01. The van der Waals surface area contributed by atoms with Gasteiger partial charge in [0.25, 0.3) is 0 Å². The van der Waals surface area contributed by atoms with E-state index in [1.807, 2.05) is 30.6 Å². The highest BCUT2D eigenvalue weighted by molar-refractivity contribution is 5.80. The van der Waals surface area contributed by atoms with Gasteiger partial charge in [0.2, 0.25) is 0 Å². The predicted octanol–water partition coefficient (Wildman–Crippen LogP) is 1.05. The Morgan fingerprint density at radius 1 is 0.909 bits per heavy atom. The molecule has 2 rings (SSSR count). The van der Waals surface area contributed by atoms with Crippen molar-refractivity contribution in [1.29, 1.82) is 0 Å². The molecule has 0 N–H and O–H groups in total. The van der Waals surface area contributed by atoms with E-state index in [0.717, 1.165) is 0 Å². The third-order valence-electron chi connectivity index (χ3n) is 1.55. The molecule has 0 aliphatic carbocycles. The Morgan fingerprint density at radius 2 is 1.64 bits per heavy atom. The van der Waals surface area contributed by atoms with E-state index in [9.17, 15) is 0 Å². The maximum absolute atomic E-state index is 4.01. The summed E-state index contributed by atoms with van der Waals surface area (Å²) in [4.78, 5) is 4.01. The van der Waals surface area contributed by atoms with Gasteiger partial charge in [-0.3, -0.25) is 4.98 Å². The summed E-state index contributed by atoms with van der Waals surface area (Å²) >= 11 is 0. The molecule has 0 fully saturated rings. The SMILES string of the molecule is B.c1ccc2cnccc2c1. The fourth-order valence-electron chi connectivity index (χ4n) is 1.03. The maximum Gasteiger partial charge on any atom is 0.0814 e. The van der Waals surface area contributed by atoms with Crippen LogP contribution in [0.25, 0.3) is 10.8 Å². The molecule has 1 aromatic heterocycles. The number of pyridine rings is 1. The number of hydrogen-bond donors (Lipinski definition) is 0. The van der Waals surface area contributed by atoms with Gasteiger partial charge in [-0.2, -0.15) is 0 Å². The lowest BCUT2D eigenvalue weighted by Crippen LogP contribution is -1.71. The van der Waals surface area contributed by atoms with Gasteiger partial charge in [0.1, 0.15) is 0 Å². The standard InChI is InChI=1S/C9H7N.BH3/c1-2-4-9-7-10-6-5-8(9)3-1;/h1-7H;1H3. The summed E-state index contributed by atoms with van der Waals surface area (Å²) in [5.41, 5.74) is 0. The van der Waals surface area contributed by atoms with Gasteiger partial charge in [0.05, 0.1) is 8.41 Å². The molecule has 0 saturated carbocycles. The van der Waals surface area contributed by atoms with E-state index in [2.05, 4.69) is 17.1 Å². The first-order chi connectivity index (χ1) is 4.97. The van der Waals surface area contributed by atoms with Crippen molar-refractivity contribution in [2.45, 2.75) is 0 Å². The van der Waals surface area contributed by atoms with E-state index in [1.165, 1.54) is 10.8 Å². The molecular weight excluding hydrogens is 133 g/mol. The summed E-state index contributed by atoms with van der Waals surface area (Å²) in [6, 6.07) is 10.2. The van der Waals surface area contributed by atoms with Crippen molar-refractivity contribution in [2.24, 2.45) is 0 Å². The third kappa shape index (κ3) is 1.40. The summed E-state index contributed by atoms with van der Waals surface area (Å²) in [5, 5.41) is 2.45. The molecule has 1 heterocycles. The quantitative estimate of drug-likeness (QED) is 0.502. The van der Waals surface area contributed by atoms with Crippen LogP contribution in [-0.4, -0.2) is 13.4 Å². The van der Waals surface area contributed by atoms with Crippen molar-refractivity contribution in [3.63, 3.8) is 0 Å². The van der Waals surface area contributed by atoms with Crippen molar-refractivity contribution < 1.29 is 0 Å². The van der Waals surface area contributed by atoms with E-state index in [1.54, 1.807) is 0 Å². The van der Waals surface area contributed by atoms with Crippen LogP contribution in [-0.2, 0) is 0 Å². The lowest BCUT2D eigenvalue weighted by atomic mass is 10.2. The average molecular weight is 143 g/mol. The Bertz CT molecular complexity index is 281. The molecular formula is C9H10BN. The fourth-order valence-corrected chi connectivity index (χ4v) is 1.03. The lowest BCUT2D eigenvalue weighted by molar-refractivity contribution is 1.36. The van der Waals surface area contributed by atoms with Crippen LogP contribution < -0.4 is 0 Å².